The first-order valence-electron chi connectivity index (χ1n) is 5.51. The van der Waals surface area contributed by atoms with E-state index in [0.717, 1.165) is 25.7 Å². The number of hydrogen-bond donors (Lipinski definition) is 1. The van der Waals surface area contributed by atoms with Crippen LogP contribution in [0.3, 0.4) is 0 Å². The van der Waals surface area contributed by atoms with Gasteiger partial charge in [0.1, 0.15) is 0 Å². The summed E-state index contributed by atoms with van der Waals surface area (Å²) in [7, 11) is 0. The molecule has 0 radical (unpaired) electrons. The van der Waals surface area contributed by atoms with Crippen molar-refractivity contribution in [2.45, 2.75) is 13.5 Å². The highest BCUT2D eigenvalue weighted by Gasteiger charge is 2.04. The molecule has 4 heteroatoms. The summed E-state index contributed by atoms with van der Waals surface area (Å²) in [5.41, 5.74) is 3.59. The van der Waals surface area contributed by atoms with Crippen LogP contribution < -0.4 is 5.32 Å². The number of hydrogen-bond acceptors (Lipinski definition) is 1. The van der Waals surface area contributed by atoms with Gasteiger partial charge in [0, 0.05) is 20.0 Å². The van der Waals surface area contributed by atoms with E-state index in [4.69, 9.17) is 0 Å². The van der Waals surface area contributed by atoms with Crippen LogP contribution >= 0.6 is 47.8 Å². The van der Waals surface area contributed by atoms with Crippen LogP contribution in [0.2, 0.25) is 0 Å². The summed E-state index contributed by atoms with van der Waals surface area (Å²) in [4.78, 5) is 0. The van der Waals surface area contributed by atoms with E-state index in [1.54, 1.807) is 0 Å². The summed E-state index contributed by atoms with van der Waals surface area (Å²) < 4.78 is 3.27. The Morgan fingerprint density at radius 3 is 2.22 bits per heavy atom. The lowest BCUT2D eigenvalue weighted by molar-refractivity contribution is 1.13. The van der Waals surface area contributed by atoms with Gasteiger partial charge >= 0.3 is 0 Å². The monoisotopic (exact) mass is 431 g/mol. The van der Waals surface area contributed by atoms with E-state index in [2.05, 4.69) is 78.2 Å². The molecule has 0 saturated carbocycles. The highest BCUT2D eigenvalue weighted by molar-refractivity contribution is 9.11. The van der Waals surface area contributed by atoms with E-state index >= 15 is 0 Å². The zero-order valence-electron chi connectivity index (χ0n) is 9.81. The summed E-state index contributed by atoms with van der Waals surface area (Å²) in [6.45, 7) is 2.90. The molecule has 2 aromatic rings. The highest BCUT2D eigenvalue weighted by Crippen LogP contribution is 2.31. The minimum Gasteiger partial charge on any atom is -0.379 e. The fourth-order valence-corrected chi connectivity index (χ4v) is 3.20. The van der Waals surface area contributed by atoms with Gasteiger partial charge in [-0.1, -0.05) is 34.1 Å². The molecule has 0 heterocycles. The van der Waals surface area contributed by atoms with E-state index in [1.165, 1.54) is 11.1 Å². The maximum atomic E-state index is 3.55. The molecule has 0 saturated heterocycles. The largest absolute Gasteiger partial charge is 0.379 e. The van der Waals surface area contributed by atoms with Crippen LogP contribution in [0.15, 0.2) is 49.8 Å². The standard InChI is InChI=1S/C14H12Br3N/c1-9-7-10(5-6-11(9)15)8-18-14-12(16)3-2-4-13(14)17/h2-7,18H,8H2,1H3. The topological polar surface area (TPSA) is 12.0 Å². The minimum absolute atomic E-state index is 0.801. The minimum atomic E-state index is 0.801. The average Bonchev–Trinajstić information content (AvgIpc) is 2.33. The average molecular weight is 434 g/mol. The van der Waals surface area contributed by atoms with Gasteiger partial charge < -0.3 is 5.32 Å². The lowest BCUT2D eigenvalue weighted by atomic mass is 10.1. The molecule has 0 atom stereocenters. The molecular weight excluding hydrogens is 422 g/mol. The third-order valence-electron chi connectivity index (χ3n) is 2.65. The molecule has 94 valence electrons. The van der Waals surface area contributed by atoms with E-state index in [9.17, 15) is 0 Å². The van der Waals surface area contributed by atoms with Crippen LogP contribution in [-0.2, 0) is 6.54 Å². The first-order chi connectivity index (χ1) is 8.58. The highest BCUT2D eigenvalue weighted by atomic mass is 79.9. The summed E-state index contributed by atoms with van der Waals surface area (Å²) in [6, 6.07) is 12.4. The molecule has 0 amide bonds. The summed E-state index contributed by atoms with van der Waals surface area (Å²) in [5.74, 6) is 0. The van der Waals surface area contributed by atoms with Crippen molar-refractivity contribution in [3.8, 4) is 0 Å². The Morgan fingerprint density at radius 1 is 0.944 bits per heavy atom. The van der Waals surface area contributed by atoms with Gasteiger partial charge in [0.05, 0.1) is 5.69 Å². The van der Waals surface area contributed by atoms with Crippen molar-refractivity contribution in [2.75, 3.05) is 5.32 Å². The molecule has 0 aromatic heterocycles. The van der Waals surface area contributed by atoms with Crippen LogP contribution in [0, 0.1) is 6.92 Å². The molecule has 0 spiro atoms. The van der Waals surface area contributed by atoms with Crippen molar-refractivity contribution in [2.24, 2.45) is 0 Å². The van der Waals surface area contributed by atoms with Crippen molar-refractivity contribution in [3.63, 3.8) is 0 Å². The molecule has 0 fully saturated rings. The predicted octanol–water partition coefficient (Wildman–Crippen LogP) is 5.89. The van der Waals surface area contributed by atoms with Crippen LogP contribution in [0.4, 0.5) is 5.69 Å². The van der Waals surface area contributed by atoms with Crippen molar-refractivity contribution >= 4 is 53.5 Å². The van der Waals surface area contributed by atoms with Crippen molar-refractivity contribution < 1.29 is 0 Å². The SMILES string of the molecule is Cc1cc(CNc2c(Br)cccc2Br)ccc1Br. The molecule has 1 nitrogen and oxygen atoms in total. The van der Waals surface area contributed by atoms with E-state index in [0.29, 0.717) is 0 Å². The summed E-state index contributed by atoms with van der Waals surface area (Å²) in [6.07, 6.45) is 0. The van der Waals surface area contributed by atoms with Crippen LogP contribution in [0.25, 0.3) is 0 Å². The number of para-hydroxylation sites is 1. The Morgan fingerprint density at radius 2 is 1.61 bits per heavy atom. The van der Waals surface area contributed by atoms with Crippen LogP contribution in [0.5, 0.6) is 0 Å². The molecule has 0 aliphatic carbocycles. The molecule has 0 unspecified atom stereocenters. The maximum absolute atomic E-state index is 3.55. The van der Waals surface area contributed by atoms with Crippen molar-refractivity contribution in [1.82, 2.24) is 0 Å². The van der Waals surface area contributed by atoms with Gasteiger partial charge in [-0.3, -0.25) is 0 Å². The van der Waals surface area contributed by atoms with Gasteiger partial charge in [0.2, 0.25) is 0 Å². The second-order valence-corrected chi connectivity index (χ2v) is 6.60. The molecule has 0 aliphatic heterocycles. The van der Waals surface area contributed by atoms with E-state index < -0.39 is 0 Å². The molecule has 0 aliphatic rings. The lowest BCUT2D eigenvalue weighted by Crippen LogP contribution is -2.01. The van der Waals surface area contributed by atoms with Gasteiger partial charge in [-0.15, -0.1) is 0 Å². The van der Waals surface area contributed by atoms with Crippen molar-refractivity contribution in [3.05, 3.63) is 60.9 Å². The smallest absolute Gasteiger partial charge is 0.0631 e. The Kier molecular flexibility index (Phi) is 4.87. The molecule has 1 N–H and O–H groups in total. The molecule has 0 bridgehead atoms. The summed E-state index contributed by atoms with van der Waals surface area (Å²) in [5, 5.41) is 3.44. The van der Waals surface area contributed by atoms with Gasteiger partial charge in [0.15, 0.2) is 0 Å². The summed E-state index contributed by atoms with van der Waals surface area (Å²) >= 11 is 10.6. The zero-order valence-corrected chi connectivity index (χ0v) is 14.6. The van der Waals surface area contributed by atoms with Crippen LogP contribution in [0.1, 0.15) is 11.1 Å². The number of anilines is 1. The van der Waals surface area contributed by atoms with E-state index in [1.807, 2.05) is 18.2 Å². The third kappa shape index (κ3) is 3.37. The molecule has 18 heavy (non-hydrogen) atoms. The van der Waals surface area contributed by atoms with Crippen molar-refractivity contribution in [1.29, 1.82) is 0 Å². The number of aryl methyl sites for hydroxylation is 1. The fourth-order valence-electron chi connectivity index (χ4n) is 1.67. The zero-order chi connectivity index (χ0) is 13.1. The molecule has 2 rings (SSSR count). The second kappa shape index (κ2) is 6.22. The Labute approximate surface area is 132 Å². The van der Waals surface area contributed by atoms with Gasteiger partial charge in [-0.25, -0.2) is 0 Å². The number of halogens is 3. The first-order valence-corrected chi connectivity index (χ1v) is 7.89. The van der Waals surface area contributed by atoms with E-state index in [-0.39, 0.29) is 0 Å². The fraction of sp³-hybridized carbons (Fsp3) is 0.143. The normalized spacial score (nSPS) is 10.4. The Balaban J connectivity index is 2.14. The molecule has 2 aromatic carbocycles. The number of rotatable bonds is 3. The maximum Gasteiger partial charge on any atom is 0.0631 e. The van der Waals surface area contributed by atoms with Gasteiger partial charge in [0.25, 0.3) is 0 Å². The molecular formula is C14H12Br3N. The lowest BCUT2D eigenvalue weighted by Gasteiger charge is -2.11. The number of nitrogens with one attached hydrogen (secondary N) is 1. The Hall–Kier alpha value is -0.320. The quantitative estimate of drug-likeness (QED) is 0.635. The number of benzene rings is 2. The first kappa shape index (κ1) is 14.1. The second-order valence-electron chi connectivity index (χ2n) is 4.03. The predicted molar refractivity (Wildman–Crippen MR) is 88.0 cm³/mol. The third-order valence-corrected chi connectivity index (χ3v) is 4.87. The van der Waals surface area contributed by atoms with Gasteiger partial charge in [-0.05, 0) is 68.1 Å². The van der Waals surface area contributed by atoms with Gasteiger partial charge in [-0.2, -0.15) is 0 Å². The van der Waals surface area contributed by atoms with Crippen LogP contribution in [-0.4, -0.2) is 0 Å². The Bertz CT molecular complexity index is 547.